The number of nitrogens with one attached hydrogen (secondary N) is 2. The Morgan fingerprint density at radius 3 is 2.09 bits per heavy atom. The van der Waals surface area contributed by atoms with E-state index in [-0.39, 0.29) is 0 Å². The fourth-order valence-corrected chi connectivity index (χ4v) is 4.99. The minimum atomic E-state index is -3.99. The van der Waals surface area contributed by atoms with E-state index in [0.29, 0.717) is 16.9 Å². The third kappa shape index (κ3) is 4.92. The van der Waals surface area contributed by atoms with Crippen molar-refractivity contribution in [1.82, 2.24) is 4.57 Å². The van der Waals surface area contributed by atoms with Gasteiger partial charge >= 0.3 is 0 Å². The fourth-order valence-electron chi connectivity index (χ4n) is 3.94. The zero-order valence-electron chi connectivity index (χ0n) is 18.4. The summed E-state index contributed by atoms with van der Waals surface area (Å²) in [4.78, 5) is 24.6. The smallest absolute Gasteiger partial charge is 0.239 e. The van der Waals surface area contributed by atoms with Crippen LogP contribution in [-0.2, 0) is 26.0 Å². The van der Waals surface area contributed by atoms with Gasteiger partial charge in [-0.15, -0.1) is 0 Å². The average Bonchev–Trinajstić information content (AvgIpc) is 3.11. The van der Waals surface area contributed by atoms with E-state index in [1.807, 2.05) is 42.5 Å². The summed E-state index contributed by atoms with van der Waals surface area (Å²) in [5.41, 5.74) is 3.37. The summed E-state index contributed by atoms with van der Waals surface area (Å²) >= 11 is 0. The van der Waals surface area contributed by atoms with Gasteiger partial charge in [0, 0.05) is 39.7 Å². The van der Waals surface area contributed by atoms with Crippen LogP contribution in [0.4, 0.5) is 11.4 Å². The Balaban J connectivity index is 1.43. The van der Waals surface area contributed by atoms with Crippen molar-refractivity contribution in [2.45, 2.75) is 13.5 Å². The Hall–Kier alpha value is -4.16. The number of hydrogen-bond acceptors (Lipinski definition) is 5. The van der Waals surface area contributed by atoms with Crippen LogP contribution in [0.15, 0.2) is 66.7 Å². The first-order chi connectivity index (χ1) is 16.3. The number of sulfone groups is 1. The van der Waals surface area contributed by atoms with E-state index in [1.165, 1.54) is 24.3 Å². The Labute approximate surface area is 196 Å². The van der Waals surface area contributed by atoms with E-state index in [1.54, 1.807) is 6.07 Å². The SMILES string of the molecule is CCn1c2ccccc2c2cc(NC(=O)CS(=O)(=O)CC(=O)Nc3ccc(C#N)cc3)ccc21. The fraction of sp³-hybridized carbons (Fsp3) is 0.160. The summed E-state index contributed by atoms with van der Waals surface area (Å²) in [6.07, 6.45) is 0. The van der Waals surface area contributed by atoms with Crippen LogP contribution < -0.4 is 10.6 Å². The molecule has 0 bridgehead atoms. The van der Waals surface area contributed by atoms with Crippen molar-refractivity contribution in [3.63, 3.8) is 0 Å². The third-order valence-electron chi connectivity index (χ3n) is 5.37. The molecule has 0 saturated carbocycles. The van der Waals surface area contributed by atoms with E-state index in [4.69, 9.17) is 5.26 Å². The molecule has 0 aliphatic carbocycles. The van der Waals surface area contributed by atoms with Crippen LogP contribution in [0.3, 0.4) is 0 Å². The average molecular weight is 475 g/mol. The number of carbonyl (C=O) groups is 2. The third-order valence-corrected chi connectivity index (χ3v) is 6.78. The molecule has 8 nitrogen and oxygen atoms in total. The number of anilines is 2. The molecule has 0 saturated heterocycles. The first-order valence-electron chi connectivity index (χ1n) is 10.6. The van der Waals surface area contributed by atoms with Gasteiger partial charge in [0.05, 0.1) is 11.6 Å². The molecular weight excluding hydrogens is 452 g/mol. The number of benzene rings is 3. The molecule has 0 radical (unpaired) electrons. The summed E-state index contributed by atoms with van der Waals surface area (Å²) in [5, 5.41) is 15.9. The van der Waals surface area contributed by atoms with Crippen molar-refractivity contribution >= 4 is 54.8 Å². The van der Waals surface area contributed by atoms with Crippen LogP contribution in [-0.4, -0.2) is 36.3 Å². The van der Waals surface area contributed by atoms with Crippen LogP contribution in [0.1, 0.15) is 12.5 Å². The number of amides is 2. The van der Waals surface area contributed by atoms with E-state index in [0.717, 1.165) is 28.4 Å². The maximum absolute atomic E-state index is 12.4. The molecule has 3 aromatic carbocycles. The largest absolute Gasteiger partial charge is 0.341 e. The molecule has 0 unspecified atom stereocenters. The van der Waals surface area contributed by atoms with Gasteiger partial charge in [-0.3, -0.25) is 9.59 Å². The number of hydrogen-bond donors (Lipinski definition) is 2. The Kier molecular flexibility index (Phi) is 6.34. The zero-order chi connectivity index (χ0) is 24.3. The van der Waals surface area contributed by atoms with Gasteiger partial charge in [0.25, 0.3) is 0 Å². The van der Waals surface area contributed by atoms with Gasteiger partial charge in [0.1, 0.15) is 11.5 Å². The van der Waals surface area contributed by atoms with Gasteiger partial charge in [0.15, 0.2) is 9.84 Å². The first-order valence-corrected chi connectivity index (χ1v) is 12.4. The first kappa shape index (κ1) is 23.0. The highest BCUT2D eigenvalue weighted by atomic mass is 32.2. The number of rotatable bonds is 7. The maximum Gasteiger partial charge on any atom is 0.239 e. The molecule has 0 aliphatic rings. The molecule has 2 amide bonds. The monoisotopic (exact) mass is 474 g/mol. The molecule has 4 rings (SSSR count). The van der Waals surface area contributed by atoms with E-state index in [2.05, 4.69) is 22.1 Å². The molecule has 172 valence electrons. The molecule has 34 heavy (non-hydrogen) atoms. The van der Waals surface area contributed by atoms with E-state index < -0.39 is 33.2 Å². The van der Waals surface area contributed by atoms with Gasteiger partial charge in [0.2, 0.25) is 11.8 Å². The predicted octanol–water partition coefficient (Wildman–Crippen LogP) is 3.68. The van der Waals surface area contributed by atoms with Crippen molar-refractivity contribution in [2.24, 2.45) is 0 Å². The molecule has 4 aromatic rings. The molecule has 9 heteroatoms. The molecule has 1 aromatic heterocycles. The van der Waals surface area contributed by atoms with Crippen molar-refractivity contribution in [1.29, 1.82) is 5.26 Å². The molecule has 2 N–H and O–H groups in total. The van der Waals surface area contributed by atoms with Crippen LogP contribution >= 0.6 is 0 Å². The van der Waals surface area contributed by atoms with Crippen molar-refractivity contribution < 1.29 is 18.0 Å². The highest BCUT2D eigenvalue weighted by Gasteiger charge is 2.21. The summed E-state index contributed by atoms with van der Waals surface area (Å²) in [6.45, 7) is 2.85. The number of aryl methyl sites for hydroxylation is 1. The normalized spacial score (nSPS) is 11.3. The van der Waals surface area contributed by atoms with E-state index in [9.17, 15) is 18.0 Å². The van der Waals surface area contributed by atoms with Crippen molar-refractivity contribution in [2.75, 3.05) is 22.1 Å². The van der Waals surface area contributed by atoms with E-state index >= 15 is 0 Å². The minimum Gasteiger partial charge on any atom is -0.341 e. The second kappa shape index (κ2) is 9.37. The predicted molar refractivity (Wildman–Crippen MR) is 132 cm³/mol. The Morgan fingerprint density at radius 1 is 0.853 bits per heavy atom. The number of aromatic nitrogens is 1. The standard InChI is InChI=1S/C25H22N4O4S/c1-2-29-22-6-4-3-5-20(22)21-13-19(11-12-23(21)29)28-25(31)16-34(32,33)15-24(30)27-18-9-7-17(14-26)8-10-18/h3-13H,2,15-16H2,1H3,(H,27,30)(H,28,31). The van der Waals surface area contributed by atoms with Gasteiger partial charge < -0.3 is 15.2 Å². The number of nitrogens with zero attached hydrogens (tertiary/aromatic N) is 2. The summed E-state index contributed by atoms with van der Waals surface area (Å²) in [7, 11) is -3.99. The lowest BCUT2D eigenvalue weighted by Crippen LogP contribution is -2.30. The zero-order valence-corrected chi connectivity index (χ0v) is 19.2. The Bertz CT molecular complexity index is 1550. The van der Waals surface area contributed by atoms with Crippen LogP contribution in [0.5, 0.6) is 0 Å². The van der Waals surface area contributed by atoms with Gasteiger partial charge in [-0.2, -0.15) is 5.26 Å². The second-order valence-corrected chi connectivity index (χ2v) is 9.88. The second-order valence-electron chi connectivity index (χ2n) is 7.81. The van der Waals surface area contributed by atoms with Crippen molar-refractivity contribution in [3.05, 3.63) is 72.3 Å². The maximum atomic E-state index is 12.4. The molecule has 0 spiro atoms. The Morgan fingerprint density at radius 2 is 1.44 bits per heavy atom. The van der Waals surface area contributed by atoms with Gasteiger partial charge in [-0.05, 0) is 55.5 Å². The minimum absolute atomic E-state index is 0.364. The lowest BCUT2D eigenvalue weighted by molar-refractivity contribution is -0.114. The summed E-state index contributed by atoms with van der Waals surface area (Å²) in [5.74, 6) is -3.12. The van der Waals surface area contributed by atoms with Crippen LogP contribution in [0.25, 0.3) is 21.8 Å². The number of nitriles is 1. The highest BCUT2D eigenvalue weighted by molar-refractivity contribution is 7.92. The van der Waals surface area contributed by atoms with Gasteiger partial charge in [-0.1, -0.05) is 18.2 Å². The number of fused-ring (bicyclic) bond motifs is 3. The van der Waals surface area contributed by atoms with Gasteiger partial charge in [-0.25, -0.2) is 8.42 Å². The molecule has 0 fully saturated rings. The lowest BCUT2D eigenvalue weighted by Gasteiger charge is -2.08. The quantitative estimate of drug-likeness (QED) is 0.423. The highest BCUT2D eigenvalue weighted by Crippen LogP contribution is 2.31. The molecule has 0 aliphatic heterocycles. The van der Waals surface area contributed by atoms with Crippen molar-refractivity contribution in [3.8, 4) is 6.07 Å². The summed E-state index contributed by atoms with van der Waals surface area (Å²) < 4.78 is 27.0. The molecule has 1 heterocycles. The lowest BCUT2D eigenvalue weighted by atomic mass is 10.1. The van der Waals surface area contributed by atoms with Crippen LogP contribution in [0.2, 0.25) is 0 Å². The molecule has 0 atom stereocenters. The number of para-hydroxylation sites is 1. The summed E-state index contributed by atoms with van der Waals surface area (Å²) in [6, 6.07) is 21.4. The number of carbonyl (C=O) groups excluding carboxylic acids is 2. The topological polar surface area (TPSA) is 121 Å². The molecular formula is C25H22N4O4S. The van der Waals surface area contributed by atoms with Crippen LogP contribution in [0, 0.1) is 11.3 Å².